The fraction of sp³-hybridized carbons (Fsp3) is 0.261. The fourth-order valence-electron chi connectivity index (χ4n) is 3.42. The summed E-state index contributed by atoms with van der Waals surface area (Å²) >= 11 is 12.7. The largest absolute Gasteiger partial charge is 0.465 e. The Kier molecular flexibility index (Phi) is 6.85. The van der Waals surface area contributed by atoms with E-state index in [-0.39, 0.29) is 51.7 Å². The molecule has 3 aromatic rings. The number of esters is 1. The number of hydrogen-bond donors (Lipinski definition) is 3. The van der Waals surface area contributed by atoms with Gasteiger partial charge in [0.25, 0.3) is 5.91 Å². The molecule has 0 unspecified atom stereocenters. The van der Waals surface area contributed by atoms with Crippen molar-refractivity contribution in [1.29, 1.82) is 0 Å². The number of nitrogens with one attached hydrogen (secondary N) is 3. The highest BCUT2D eigenvalue weighted by molar-refractivity contribution is 6.42. The van der Waals surface area contributed by atoms with Crippen LogP contribution in [0.3, 0.4) is 0 Å². The molecular weight excluding hydrogens is 483 g/mol. The Morgan fingerprint density at radius 1 is 1.18 bits per heavy atom. The molecule has 0 aliphatic heterocycles. The molecule has 1 aliphatic carbocycles. The van der Waals surface area contributed by atoms with Gasteiger partial charge in [-0.15, -0.1) is 0 Å². The molecular formula is C23H20Cl2N4O5. The number of amides is 2. The van der Waals surface area contributed by atoms with Crippen LogP contribution in [0.15, 0.2) is 30.6 Å². The highest BCUT2D eigenvalue weighted by Crippen LogP contribution is 2.34. The molecule has 0 bridgehead atoms. The van der Waals surface area contributed by atoms with Crippen LogP contribution >= 0.6 is 23.2 Å². The minimum atomic E-state index is -0.593. The predicted molar refractivity (Wildman–Crippen MR) is 126 cm³/mol. The van der Waals surface area contributed by atoms with Crippen LogP contribution in [0, 0.1) is 5.92 Å². The summed E-state index contributed by atoms with van der Waals surface area (Å²) in [4.78, 5) is 56.5. The van der Waals surface area contributed by atoms with Gasteiger partial charge in [-0.05, 0) is 38.0 Å². The molecule has 1 saturated carbocycles. The second-order valence-corrected chi connectivity index (χ2v) is 8.49. The van der Waals surface area contributed by atoms with Gasteiger partial charge >= 0.3 is 5.97 Å². The number of anilines is 1. The number of aromatic nitrogens is 2. The lowest BCUT2D eigenvalue weighted by atomic mass is 10.0. The Balaban J connectivity index is 1.58. The number of ether oxygens (including phenoxy) is 1. The zero-order valence-electron chi connectivity index (χ0n) is 18.0. The lowest BCUT2D eigenvalue weighted by Gasteiger charge is -2.10. The number of pyridine rings is 1. The number of H-pyrrole nitrogens is 1. The van der Waals surface area contributed by atoms with Crippen molar-refractivity contribution in [3.63, 3.8) is 0 Å². The lowest BCUT2D eigenvalue weighted by molar-refractivity contribution is -0.141. The van der Waals surface area contributed by atoms with Crippen LogP contribution < -0.4 is 10.6 Å². The first kappa shape index (κ1) is 23.7. The first-order chi connectivity index (χ1) is 16.3. The molecule has 2 aromatic heterocycles. The van der Waals surface area contributed by atoms with E-state index in [4.69, 9.17) is 27.9 Å². The molecule has 0 atom stereocenters. The van der Waals surface area contributed by atoms with E-state index < -0.39 is 17.7 Å². The lowest BCUT2D eigenvalue weighted by Crippen LogP contribution is -2.30. The number of fused-ring (bicyclic) bond motifs is 1. The van der Waals surface area contributed by atoms with Gasteiger partial charge in [0.2, 0.25) is 5.91 Å². The van der Waals surface area contributed by atoms with Crippen molar-refractivity contribution < 1.29 is 23.9 Å². The summed E-state index contributed by atoms with van der Waals surface area (Å²) in [5.74, 6) is -1.42. The van der Waals surface area contributed by atoms with Gasteiger partial charge in [0.15, 0.2) is 11.6 Å². The molecule has 1 fully saturated rings. The van der Waals surface area contributed by atoms with Crippen molar-refractivity contribution in [2.24, 2.45) is 5.92 Å². The van der Waals surface area contributed by atoms with Crippen molar-refractivity contribution in [1.82, 2.24) is 15.3 Å². The number of carbonyl (C=O) groups excluding carboxylic acids is 4. The Hall–Kier alpha value is -3.43. The topological polar surface area (TPSA) is 130 Å². The van der Waals surface area contributed by atoms with Crippen LogP contribution in [0.25, 0.3) is 10.9 Å². The third-order valence-corrected chi connectivity index (χ3v) is 5.86. The van der Waals surface area contributed by atoms with Crippen LogP contribution in [0.2, 0.25) is 10.0 Å². The molecule has 2 amide bonds. The molecule has 34 heavy (non-hydrogen) atoms. The first-order valence-electron chi connectivity index (χ1n) is 10.5. The van der Waals surface area contributed by atoms with Gasteiger partial charge in [-0.2, -0.15) is 0 Å². The number of rotatable bonds is 8. The third-order valence-electron chi connectivity index (χ3n) is 5.27. The van der Waals surface area contributed by atoms with Crippen molar-refractivity contribution in [3.05, 3.63) is 57.3 Å². The van der Waals surface area contributed by atoms with E-state index in [2.05, 4.69) is 20.6 Å². The highest BCUT2D eigenvalue weighted by atomic mass is 35.5. The molecule has 3 N–H and O–H groups in total. The molecule has 9 nitrogen and oxygen atoms in total. The summed E-state index contributed by atoms with van der Waals surface area (Å²) in [7, 11) is 0. The van der Waals surface area contributed by atoms with E-state index in [1.165, 1.54) is 24.5 Å². The molecule has 1 aliphatic rings. The zero-order chi connectivity index (χ0) is 24.4. The number of nitrogens with zero attached hydrogens (tertiary/aromatic N) is 1. The van der Waals surface area contributed by atoms with Gasteiger partial charge < -0.3 is 20.4 Å². The van der Waals surface area contributed by atoms with Crippen LogP contribution in [0.1, 0.15) is 46.0 Å². The normalized spacial score (nSPS) is 12.9. The highest BCUT2D eigenvalue weighted by Gasteiger charge is 2.30. The summed E-state index contributed by atoms with van der Waals surface area (Å²) in [6.07, 6.45) is 4.69. The zero-order valence-corrected chi connectivity index (χ0v) is 19.5. The van der Waals surface area contributed by atoms with E-state index in [1.54, 1.807) is 13.0 Å². The van der Waals surface area contributed by atoms with Crippen molar-refractivity contribution in [3.8, 4) is 0 Å². The molecule has 0 saturated heterocycles. The molecule has 11 heteroatoms. The van der Waals surface area contributed by atoms with Gasteiger partial charge in [0.1, 0.15) is 6.54 Å². The summed E-state index contributed by atoms with van der Waals surface area (Å²) in [5, 5.41) is 5.69. The van der Waals surface area contributed by atoms with Crippen LogP contribution in [0.4, 0.5) is 5.82 Å². The first-order valence-corrected chi connectivity index (χ1v) is 11.3. The Bertz CT molecular complexity index is 1290. The number of aromatic amines is 1. The molecule has 0 spiro atoms. The van der Waals surface area contributed by atoms with Gasteiger partial charge in [-0.1, -0.05) is 23.2 Å². The van der Waals surface area contributed by atoms with Gasteiger partial charge in [-0.25, -0.2) is 4.98 Å². The monoisotopic (exact) mass is 502 g/mol. The number of carbonyl (C=O) groups is 4. The minimum Gasteiger partial charge on any atom is -0.465 e. The standard InChI is InChI=1S/C23H20Cl2N4O5/c1-2-34-17(30)10-28-22(32)12-7-15(24)18(16(25)8-12)20(31)14-9-27-19-13(14)5-6-26-21(19)29-23(33)11-3-4-11/h5-9,11,27H,2-4,10H2,1H3,(H,28,32)(H,26,29,33). The Morgan fingerprint density at radius 2 is 1.88 bits per heavy atom. The second kappa shape index (κ2) is 9.82. The van der Waals surface area contributed by atoms with E-state index in [0.717, 1.165) is 12.8 Å². The maximum atomic E-state index is 13.3. The Labute approximate surface area is 204 Å². The summed E-state index contributed by atoms with van der Waals surface area (Å²) in [6, 6.07) is 4.25. The van der Waals surface area contributed by atoms with Crippen molar-refractivity contribution >= 4 is 63.5 Å². The van der Waals surface area contributed by atoms with E-state index in [9.17, 15) is 19.2 Å². The number of benzene rings is 1. The van der Waals surface area contributed by atoms with Crippen LogP contribution in [-0.2, 0) is 14.3 Å². The smallest absolute Gasteiger partial charge is 0.325 e. The summed E-state index contributed by atoms with van der Waals surface area (Å²) in [5.41, 5.74) is 0.889. The van der Waals surface area contributed by atoms with E-state index in [1.807, 2.05) is 0 Å². The molecule has 4 rings (SSSR count). The minimum absolute atomic E-state index is 0.00117. The number of hydrogen-bond acceptors (Lipinski definition) is 6. The maximum Gasteiger partial charge on any atom is 0.325 e. The molecule has 0 radical (unpaired) electrons. The van der Waals surface area contributed by atoms with Gasteiger partial charge in [-0.3, -0.25) is 19.2 Å². The fourth-order valence-corrected chi connectivity index (χ4v) is 4.08. The van der Waals surface area contributed by atoms with Gasteiger partial charge in [0, 0.05) is 34.8 Å². The Morgan fingerprint density at radius 3 is 2.53 bits per heavy atom. The van der Waals surface area contributed by atoms with E-state index >= 15 is 0 Å². The molecule has 2 heterocycles. The average molecular weight is 503 g/mol. The number of ketones is 1. The predicted octanol–water partition coefficient (Wildman–Crippen LogP) is 3.74. The third kappa shape index (κ3) is 4.90. The molecule has 176 valence electrons. The van der Waals surface area contributed by atoms with Crippen LogP contribution in [0.5, 0.6) is 0 Å². The second-order valence-electron chi connectivity index (χ2n) is 7.68. The summed E-state index contributed by atoms with van der Waals surface area (Å²) in [6.45, 7) is 1.54. The van der Waals surface area contributed by atoms with Crippen molar-refractivity contribution in [2.45, 2.75) is 19.8 Å². The SMILES string of the molecule is CCOC(=O)CNC(=O)c1cc(Cl)c(C(=O)c2c[nH]c3c(NC(=O)C4CC4)nccc23)c(Cl)c1. The summed E-state index contributed by atoms with van der Waals surface area (Å²) < 4.78 is 4.77. The average Bonchev–Trinajstić information content (AvgIpc) is 3.56. The van der Waals surface area contributed by atoms with Gasteiger partial charge in [0.05, 0.1) is 27.7 Å². The van der Waals surface area contributed by atoms with Crippen molar-refractivity contribution in [2.75, 3.05) is 18.5 Å². The number of halogens is 2. The quantitative estimate of drug-likeness (QED) is 0.317. The van der Waals surface area contributed by atoms with Crippen LogP contribution in [-0.4, -0.2) is 46.7 Å². The molecule has 1 aromatic carbocycles. The van der Waals surface area contributed by atoms with E-state index in [0.29, 0.717) is 16.7 Å². The maximum absolute atomic E-state index is 13.3.